The van der Waals surface area contributed by atoms with E-state index in [1.54, 1.807) is 12.1 Å². The number of benzene rings is 1. The average molecular weight is 291 g/mol. The predicted octanol–water partition coefficient (Wildman–Crippen LogP) is 1.76. The highest BCUT2D eigenvalue weighted by atomic mass is 16.6. The summed E-state index contributed by atoms with van der Waals surface area (Å²) in [5.41, 5.74) is 1.38. The van der Waals surface area contributed by atoms with Crippen LogP contribution in [-0.4, -0.2) is 47.2 Å². The predicted molar refractivity (Wildman–Crippen MR) is 80.4 cm³/mol. The molecule has 1 aromatic rings. The van der Waals surface area contributed by atoms with Crippen LogP contribution in [0.5, 0.6) is 0 Å². The molecule has 0 aromatic heterocycles. The third-order valence-corrected chi connectivity index (χ3v) is 4.56. The first kappa shape index (κ1) is 14.3. The van der Waals surface area contributed by atoms with E-state index in [0.717, 1.165) is 32.6 Å². The number of nitro benzene ring substituents is 1. The molecule has 0 bridgehead atoms. The number of nitrogens with zero attached hydrogens (tertiary/aromatic N) is 3. The molecule has 3 rings (SSSR count). The van der Waals surface area contributed by atoms with Crippen molar-refractivity contribution >= 4 is 11.4 Å². The highest BCUT2D eigenvalue weighted by Crippen LogP contribution is 2.32. The molecule has 2 heterocycles. The molecule has 2 aliphatic heterocycles. The minimum absolute atomic E-state index is 0.105. The minimum atomic E-state index is -0.341. The highest BCUT2D eigenvalue weighted by molar-refractivity contribution is 5.64. The average Bonchev–Trinajstić information content (AvgIpc) is 2.83. The maximum absolute atomic E-state index is 11.3. The van der Waals surface area contributed by atoms with Crippen molar-refractivity contribution < 1.29 is 10.0 Å². The van der Waals surface area contributed by atoms with Gasteiger partial charge in [0.2, 0.25) is 0 Å². The summed E-state index contributed by atoms with van der Waals surface area (Å²) in [7, 11) is 0. The maximum Gasteiger partial charge on any atom is 0.292 e. The van der Waals surface area contributed by atoms with E-state index in [4.69, 9.17) is 0 Å². The van der Waals surface area contributed by atoms with Crippen LogP contribution in [0.2, 0.25) is 0 Å². The SMILES string of the molecule is O=[N+]([O-])c1cc(CO)ccc1N1CCCN2CCCC2C1. The van der Waals surface area contributed by atoms with Crippen molar-refractivity contribution in [2.24, 2.45) is 0 Å². The molecule has 0 amide bonds. The molecule has 1 atom stereocenters. The Morgan fingerprint density at radius 1 is 1.29 bits per heavy atom. The molecule has 21 heavy (non-hydrogen) atoms. The van der Waals surface area contributed by atoms with Gasteiger partial charge in [-0.15, -0.1) is 0 Å². The minimum Gasteiger partial charge on any atom is -0.392 e. The van der Waals surface area contributed by atoms with Gasteiger partial charge in [0.1, 0.15) is 5.69 Å². The molecular weight excluding hydrogens is 270 g/mol. The van der Waals surface area contributed by atoms with Crippen molar-refractivity contribution in [3.63, 3.8) is 0 Å². The monoisotopic (exact) mass is 291 g/mol. The lowest BCUT2D eigenvalue weighted by molar-refractivity contribution is -0.384. The van der Waals surface area contributed by atoms with Gasteiger partial charge in [-0.05, 0) is 37.4 Å². The van der Waals surface area contributed by atoms with Gasteiger partial charge in [0.15, 0.2) is 0 Å². The summed E-state index contributed by atoms with van der Waals surface area (Å²) >= 11 is 0. The molecule has 2 saturated heterocycles. The number of hydrogen-bond acceptors (Lipinski definition) is 5. The van der Waals surface area contributed by atoms with Crippen LogP contribution in [0.4, 0.5) is 11.4 Å². The van der Waals surface area contributed by atoms with Gasteiger partial charge in [-0.2, -0.15) is 0 Å². The van der Waals surface area contributed by atoms with Crippen molar-refractivity contribution in [3.8, 4) is 0 Å². The number of aliphatic hydroxyl groups excluding tert-OH is 1. The van der Waals surface area contributed by atoms with Gasteiger partial charge in [0.25, 0.3) is 5.69 Å². The highest BCUT2D eigenvalue weighted by Gasteiger charge is 2.31. The van der Waals surface area contributed by atoms with E-state index in [9.17, 15) is 15.2 Å². The van der Waals surface area contributed by atoms with E-state index in [2.05, 4.69) is 9.80 Å². The summed E-state index contributed by atoms with van der Waals surface area (Å²) in [6, 6.07) is 5.57. The quantitative estimate of drug-likeness (QED) is 0.679. The molecular formula is C15H21N3O3. The Kier molecular flexibility index (Phi) is 4.07. The molecule has 6 nitrogen and oxygen atoms in total. The fourth-order valence-corrected chi connectivity index (χ4v) is 3.51. The fourth-order valence-electron chi connectivity index (χ4n) is 3.51. The summed E-state index contributed by atoms with van der Waals surface area (Å²) < 4.78 is 0. The second-order valence-corrected chi connectivity index (χ2v) is 5.87. The van der Waals surface area contributed by atoms with Crippen LogP contribution in [0.25, 0.3) is 0 Å². The molecule has 1 aromatic carbocycles. The zero-order valence-electron chi connectivity index (χ0n) is 12.1. The van der Waals surface area contributed by atoms with Gasteiger partial charge in [-0.1, -0.05) is 6.07 Å². The largest absolute Gasteiger partial charge is 0.392 e. The van der Waals surface area contributed by atoms with E-state index in [1.807, 2.05) is 0 Å². The normalized spacial score (nSPS) is 22.9. The first-order chi connectivity index (χ1) is 10.2. The second-order valence-electron chi connectivity index (χ2n) is 5.87. The van der Waals surface area contributed by atoms with E-state index >= 15 is 0 Å². The molecule has 2 fully saturated rings. The van der Waals surface area contributed by atoms with Gasteiger partial charge in [-0.3, -0.25) is 15.0 Å². The Morgan fingerprint density at radius 3 is 2.86 bits per heavy atom. The van der Waals surface area contributed by atoms with Crippen molar-refractivity contribution in [3.05, 3.63) is 33.9 Å². The lowest BCUT2D eigenvalue weighted by Gasteiger charge is -2.27. The first-order valence-electron chi connectivity index (χ1n) is 7.56. The Morgan fingerprint density at radius 2 is 2.10 bits per heavy atom. The van der Waals surface area contributed by atoms with Gasteiger partial charge in [0, 0.05) is 31.7 Å². The Labute approximate surface area is 124 Å². The summed E-state index contributed by atoms with van der Waals surface area (Å²) in [6.45, 7) is 3.79. The lowest BCUT2D eigenvalue weighted by atomic mass is 10.1. The topological polar surface area (TPSA) is 69.8 Å². The number of nitro groups is 1. The molecule has 1 N–H and O–H groups in total. The number of anilines is 1. The molecule has 0 saturated carbocycles. The van der Waals surface area contributed by atoms with E-state index in [-0.39, 0.29) is 17.2 Å². The van der Waals surface area contributed by atoms with Crippen molar-refractivity contribution in [2.75, 3.05) is 31.1 Å². The van der Waals surface area contributed by atoms with Crippen LogP contribution >= 0.6 is 0 Å². The lowest BCUT2D eigenvalue weighted by Crippen LogP contribution is -2.36. The van der Waals surface area contributed by atoms with Crippen molar-refractivity contribution in [1.82, 2.24) is 4.90 Å². The van der Waals surface area contributed by atoms with Crippen LogP contribution < -0.4 is 4.90 Å². The zero-order valence-corrected chi connectivity index (χ0v) is 12.1. The van der Waals surface area contributed by atoms with E-state index < -0.39 is 0 Å². The zero-order chi connectivity index (χ0) is 14.8. The fraction of sp³-hybridized carbons (Fsp3) is 0.600. The number of aliphatic hydroxyl groups is 1. The Balaban J connectivity index is 1.89. The van der Waals surface area contributed by atoms with Gasteiger partial charge in [0.05, 0.1) is 11.5 Å². The molecule has 6 heteroatoms. The van der Waals surface area contributed by atoms with Crippen molar-refractivity contribution in [1.29, 1.82) is 0 Å². The van der Waals surface area contributed by atoms with Gasteiger partial charge < -0.3 is 10.0 Å². The van der Waals surface area contributed by atoms with Crippen LogP contribution in [-0.2, 0) is 6.61 Å². The van der Waals surface area contributed by atoms with E-state index in [0.29, 0.717) is 17.3 Å². The third kappa shape index (κ3) is 2.87. The first-order valence-corrected chi connectivity index (χ1v) is 7.56. The maximum atomic E-state index is 11.3. The number of hydrogen-bond donors (Lipinski definition) is 1. The summed E-state index contributed by atoms with van der Waals surface area (Å²) in [5.74, 6) is 0. The molecule has 0 spiro atoms. The molecule has 1 unspecified atom stereocenters. The van der Waals surface area contributed by atoms with Crippen LogP contribution in [0, 0.1) is 10.1 Å². The van der Waals surface area contributed by atoms with E-state index in [1.165, 1.54) is 18.9 Å². The van der Waals surface area contributed by atoms with Crippen LogP contribution in [0.15, 0.2) is 18.2 Å². The third-order valence-electron chi connectivity index (χ3n) is 4.56. The smallest absolute Gasteiger partial charge is 0.292 e. The second kappa shape index (κ2) is 5.99. The molecule has 2 aliphatic rings. The van der Waals surface area contributed by atoms with Crippen LogP contribution in [0.1, 0.15) is 24.8 Å². The van der Waals surface area contributed by atoms with Gasteiger partial charge in [-0.25, -0.2) is 0 Å². The van der Waals surface area contributed by atoms with Gasteiger partial charge >= 0.3 is 0 Å². The molecule has 0 radical (unpaired) electrons. The standard InChI is InChI=1S/C15H21N3O3/c19-11-12-4-5-14(15(9-12)18(20)21)17-8-2-7-16-6-1-3-13(16)10-17/h4-5,9,13,19H,1-3,6-8,10-11H2. The molecule has 114 valence electrons. The number of rotatable bonds is 3. The number of fused-ring (bicyclic) bond motifs is 1. The van der Waals surface area contributed by atoms with Crippen molar-refractivity contribution in [2.45, 2.75) is 31.9 Å². The Bertz CT molecular complexity index is 535. The summed E-state index contributed by atoms with van der Waals surface area (Å²) in [4.78, 5) is 15.6. The summed E-state index contributed by atoms with van der Waals surface area (Å²) in [5, 5.41) is 20.5. The summed E-state index contributed by atoms with van der Waals surface area (Å²) in [6.07, 6.45) is 3.44. The molecule has 0 aliphatic carbocycles. The van der Waals surface area contributed by atoms with Crippen LogP contribution in [0.3, 0.4) is 0 Å². The Hall–Kier alpha value is -1.66.